The second-order valence-electron chi connectivity index (χ2n) is 9.27. The molecule has 0 bridgehead atoms. The van der Waals surface area contributed by atoms with Crippen molar-refractivity contribution in [2.45, 2.75) is 37.8 Å². The lowest BCUT2D eigenvalue weighted by molar-refractivity contribution is -0.124. The summed E-state index contributed by atoms with van der Waals surface area (Å²) in [7, 11) is 2.08. The van der Waals surface area contributed by atoms with Gasteiger partial charge in [0.15, 0.2) is 0 Å². The average molecular weight is 460 g/mol. The van der Waals surface area contributed by atoms with Crippen LogP contribution in [0.1, 0.15) is 35.2 Å². The monoisotopic (exact) mass is 459 g/mol. The van der Waals surface area contributed by atoms with Crippen molar-refractivity contribution in [1.29, 1.82) is 5.26 Å². The molecule has 0 unspecified atom stereocenters. The number of piperidine rings is 1. The third-order valence-corrected chi connectivity index (χ3v) is 6.75. The van der Waals surface area contributed by atoms with E-state index < -0.39 is 6.04 Å². The lowest BCUT2D eigenvalue weighted by Crippen LogP contribution is -2.49. The molecule has 2 N–H and O–H groups in total. The van der Waals surface area contributed by atoms with Gasteiger partial charge in [-0.3, -0.25) is 9.59 Å². The number of piperazine rings is 1. The summed E-state index contributed by atoms with van der Waals surface area (Å²) in [5, 5.41) is 15.6. The lowest BCUT2D eigenvalue weighted by Gasteiger charge is -2.32. The molecule has 2 aromatic rings. The molecular formula is C27H33N5O2. The van der Waals surface area contributed by atoms with Gasteiger partial charge in [-0.25, -0.2) is 0 Å². The first-order chi connectivity index (χ1) is 16.5. The number of nitrogens with zero attached hydrogens (tertiary/aromatic N) is 3. The van der Waals surface area contributed by atoms with Crippen LogP contribution in [0.15, 0.2) is 48.5 Å². The van der Waals surface area contributed by atoms with Crippen molar-refractivity contribution in [3.63, 3.8) is 0 Å². The first-order valence-corrected chi connectivity index (χ1v) is 12.1. The van der Waals surface area contributed by atoms with E-state index in [4.69, 9.17) is 0 Å². The van der Waals surface area contributed by atoms with Gasteiger partial charge >= 0.3 is 0 Å². The summed E-state index contributed by atoms with van der Waals surface area (Å²) < 4.78 is 0. The van der Waals surface area contributed by atoms with Crippen molar-refractivity contribution in [2.75, 3.05) is 39.8 Å². The normalized spacial score (nSPS) is 19.8. The summed E-state index contributed by atoms with van der Waals surface area (Å²) in [4.78, 5) is 29.3. The zero-order chi connectivity index (χ0) is 23.9. The van der Waals surface area contributed by atoms with Gasteiger partial charge in [0.2, 0.25) is 5.91 Å². The molecule has 0 saturated carbocycles. The van der Waals surface area contributed by atoms with Crippen molar-refractivity contribution in [2.24, 2.45) is 0 Å². The van der Waals surface area contributed by atoms with E-state index in [1.807, 2.05) is 53.4 Å². The minimum Gasteiger partial charge on any atom is -0.339 e. The fourth-order valence-electron chi connectivity index (χ4n) is 4.54. The second-order valence-corrected chi connectivity index (χ2v) is 9.27. The van der Waals surface area contributed by atoms with E-state index in [1.165, 1.54) is 0 Å². The van der Waals surface area contributed by atoms with E-state index in [9.17, 15) is 14.9 Å². The van der Waals surface area contributed by atoms with Crippen LogP contribution in [0.2, 0.25) is 0 Å². The standard InChI is InChI=1S/C27H33N5O2/c1-31-14-16-32(17-15-31)27(34)23-11-9-22(10-12-23)21-7-5-20(6-8-21)18-24(19-28)30-26(33)25-4-2-3-13-29-25/h5-12,24-25,29H,2-4,13-18H2,1H3,(H,30,33)/t24-,25-/m0/s1. The molecular weight excluding hydrogens is 426 g/mol. The Morgan fingerprint density at radius 3 is 2.26 bits per heavy atom. The molecule has 0 aromatic heterocycles. The molecule has 7 heteroatoms. The molecule has 2 atom stereocenters. The first-order valence-electron chi connectivity index (χ1n) is 12.1. The van der Waals surface area contributed by atoms with Gasteiger partial charge in [-0.15, -0.1) is 0 Å². The molecule has 2 saturated heterocycles. The Bertz CT molecular complexity index is 1010. The van der Waals surface area contributed by atoms with Crippen LogP contribution >= 0.6 is 0 Å². The fourth-order valence-corrected chi connectivity index (χ4v) is 4.54. The molecule has 2 fully saturated rings. The molecule has 2 aliphatic heterocycles. The van der Waals surface area contributed by atoms with E-state index in [0.29, 0.717) is 12.0 Å². The average Bonchev–Trinajstić information content (AvgIpc) is 2.89. The Labute approximate surface area is 201 Å². The number of hydrogen-bond donors (Lipinski definition) is 2. The quantitative estimate of drug-likeness (QED) is 0.693. The highest BCUT2D eigenvalue weighted by Gasteiger charge is 2.23. The number of nitrogens with one attached hydrogen (secondary N) is 2. The number of benzene rings is 2. The number of rotatable bonds is 6. The molecule has 0 radical (unpaired) electrons. The molecule has 4 rings (SSSR count). The zero-order valence-corrected chi connectivity index (χ0v) is 19.8. The summed E-state index contributed by atoms with van der Waals surface area (Å²) in [5.74, 6) is -0.00269. The van der Waals surface area contributed by atoms with Crippen molar-refractivity contribution in [3.05, 3.63) is 59.7 Å². The Kier molecular flexibility index (Phi) is 7.94. The largest absolute Gasteiger partial charge is 0.339 e. The minimum absolute atomic E-state index is 0.0861. The third-order valence-electron chi connectivity index (χ3n) is 6.75. The van der Waals surface area contributed by atoms with Crippen LogP contribution in [0.3, 0.4) is 0 Å². The second kappa shape index (κ2) is 11.3. The summed E-state index contributed by atoms with van der Waals surface area (Å²) in [6, 6.07) is 17.2. The molecule has 34 heavy (non-hydrogen) atoms. The first kappa shape index (κ1) is 23.9. The summed E-state index contributed by atoms with van der Waals surface area (Å²) in [5.41, 5.74) is 3.79. The van der Waals surface area contributed by atoms with Gasteiger partial charge < -0.3 is 20.4 Å². The van der Waals surface area contributed by atoms with Gasteiger partial charge in [-0.2, -0.15) is 5.26 Å². The predicted octanol–water partition coefficient (Wildman–Crippen LogP) is 2.43. The molecule has 2 amide bonds. The predicted molar refractivity (Wildman–Crippen MR) is 132 cm³/mol. The molecule has 0 spiro atoms. The fraction of sp³-hybridized carbons (Fsp3) is 0.444. The lowest BCUT2D eigenvalue weighted by atomic mass is 9.99. The van der Waals surface area contributed by atoms with Crippen LogP contribution < -0.4 is 10.6 Å². The maximum Gasteiger partial charge on any atom is 0.253 e. The van der Waals surface area contributed by atoms with Crippen LogP contribution in [0.5, 0.6) is 0 Å². The summed E-state index contributed by atoms with van der Waals surface area (Å²) >= 11 is 0. The highest BCUT2D eigenvalue weighted by Crippen LogP contribution is 2.22. The number of nitriles is 1. The van der Waals surface area contributed by atoms with Crippen LogP contribution in [0.25, 0.3) is 11.1 Å². The topological polar surface area (TPSA) is 88.5 Å². The highest BCUT2D eigenvalue weighted by molar-refractivity contribution is 5.94. The Morgan fingerprint density at radius 2 is 1.68 bits per heavy atom. The maximum absolute atomic E-state index is 12.8. The Morgan fingerprint density at radius 1 is 1.03 bits per heavy atom. The SMILES string of the molecule is CN1CCN(C(=O)c2ccc(-c3ccc(C[C@@H](C#N)NC(=O)[C@@H]4CCCCN4)cc3)cc2)CC1. The van der Waals surface area contributed by atoms with Crippen molar-refractivity contribution in [1.82, 2.24) is 20.4 Å². The number of carbonyl (C=O) groups excluding carboxylic acids is 2. The van der Waals surface area contributed by atoms with Crippen molar-refractivity contribution >= 4 is 11.8 Å². The van der Waals surface area contributed by atoms with Crippen molar-refractivity contribution in [3.8, 4) is 17.2 Å². The van der Waals surface area contributed by atoms with Gasteiger partial charge in [0.05, 0.1) is 12.1 Å². The van der Waals surface area contributed by atoms with Gasteiger partial charge in [0.25, 0.3) is 5.91 Å². The van der Waals surface area contributed by atoms with Gasteiger partial charge in [-0.1, -0.05) is 42.8 Å². The maximum atomic E-state index is 12.8. The number of likely N-dealkylation sites (N-methyl/N-ethyl adjacent to an activating group) is 1. The Balaban J connectivity index is 1.34. The van der Waals surface area contributed by atoms with Crippen molar-refractivity contribution < 1.29 is 9.59 Å². The van der Waals surface area contributed by atoms with E-state index in [0.717, 1.165) is 68.7 Å². The molecule has 0 aliphatic carbocycles. The van der Waals surface area contributed by atoms with Crippen LogP contribution in [0.4, 0.5) is 0 Å². The van der Waals surface area contributed by atoms with E-state index in [2.05, 4.69) is 28.7 Å². The number of hydrogen-bond acceptors (Lipinski definition) is 5. The van der Waals surface area contributed by atoms with Crippen LogP contribution in [-0.4, -0.2) is 73.5 Å². The molecule has 2 heterocycles. The van der Waals surface area contributed by atoms with Crippen LogP contribution in [-0.2, 0) is 11.2 Å². The van der Waals surface area contributed by atoms with E-state index >= 15 is 0 Å². The van der Waals surface area contributed by atoms with E-state index in [1.54, 1.807) is 0 Å². The number of carbonyl (C=O) groups is 2. The highest BCUT2D eigenvalue weighted by atomic mass is 16.2. The van der Waals surface area contributed by atoms with Gasteiger partial charge in [-0.05, 0) is 55.3 Å². The smallest absolute Gasteiger partial charge is 0.253 e. The minimum atomic E-state index is -0.554. The van der Waals surface area contributed by atoms with E-state index in [-0.39, 0.29) is 17.9 Å². The molecule has 2 aliphatic rings. The molecule has 2 aromatic carbocycles. The summed E-state index contributed by atoms with van der Waals surface area (Å²) in [6.45, 7) is 4.19. The number of amides is 2. The Hall–Kier alpha value is -3.21. The zero-order valence-electron chi connectivity index (χ0n) is 19.8. The third kappa shape index (κ3) is 6.02. The van der Waals surface area contributed by atoms with Gasteiger partial charge in [0, 0.05) is 38.2 Å². The summed E-state index contributed by atoms with van der Waals surface area (Å²) in [6.07, 6.45) is 3.41. The molecule has 178 valence electrons. The van der Waals surface area contributed by atoms with Crippen LogP contribution in [0, 0.1) is 11.3 Å². The molecule has 7 nitrogen and oxygen atoms in total. The van der Waals surface area contributed by atoms with Gasteiger partial charge in [0.1, 0.15) is 6.04 Å².